The number of hydrogen-bond acceptors (Lipinski definition) is 1. The molecule has 0 spiro atoms. The van der Waals surface area contributed by atoms with Crippen LogP contribution < -0.4 is 0 Å². The summed E-state index contributed by atoms with van der Waals surface area (Å²) in [7, 11) is 0. The van der Waals surface area contributed by atoms with E-state index < -0.39 is 0 Å². The zero-order chi connectivity index (χ0) is 9.80. The van der Waals surface area contributed by atoms with E-state index in [4.69, 9.17) is 0 Å². The second kappa shape index (κ2) is 4.63. The van der Waals surface area contributed by atoms with Gasteiger partial charge in [0.1, 0.15) is 0 Å². The van der Waals surface area contributed by atoms with Crippen LogP contribution in [0.25, 0.3) is 10.1 Å². The van der Waals surface area contributed by atoms with Gasteiger partial charge in [0.25, 0.3) is 0 Å². The number of benzene rings is 1. The van der Waals surface area contributed by atoms with E-state index in [9.17, 15) is 0 Å². The van der Waals surface area contributed by atoms with Crippen LogP contribution in [-0.2, 0) is 0 Å². The summed E-state index contributed by atoms with van der Waals surface area (Å²) in [6, 6.07) is 8.50. The van der Waals surface area contributed by atoms with Gasteiger partial charge in [0, 0.05) is 22.0 Å². The monoisotopic (exact) mass is 264 g/mol. The van der Waals surface area contributed by atoms with Gasteiger partial charge in [0.15, 0.2) is 0 Å². The summed E-state index contributed by atoms with van der Waals surface area (Å²) in [4.78, 5) is 0. The van der Waals surface area contributed by atoms with Crippen molar-refractivity contribution in [1.29, 1.82) is 0 Å². The Bertz CT molecular complexity index is 487. The molecule has 0 aliphatic heterocycles. The number of rotatable bonds is 1. The largest absolute Gasteiger partial charge is 0.144 e. The third kappa shape index (κ3) is 2.17. The molecule has 0 saturated heterocycles. The Kier molecular flexibility index (Phi) is 3.23. The van der Waals surface area contributed by atoms with Crippen molar-refractivity contribution >= 4 is 37.4 Å². The van der Waals surface area contributed by atoms with Crippen LogP contribution >= 0.6 is 27.3 Å². The molecule has 0 N–H and O–H groups in total. The normalized spacial score (nSPS) is 9.79. The lowest BCUT2D eigenvalue weighted by Gasteiger charge is -1.90. The van der Waals surface area contributed by atoms with Crippen molar-refractivity contribution in [2.45, 2.75) is 6.42 Å². The summed E-state index contributed by atoms with van der Waals surface area (Å²) in [6.45, 7) is 0. The summed E-state index contributed by atoms with van der Waals surface area (Å²) in [5.74, 6) is 6.27. The topological polar surface area (TPSA) is 0 Å². The van der Waals surface area contributed by atoms with Crippen molar-refractivity contribution in [3.63, 3.8) is 0 Å². The van der Waals surface area contributed by atoms with Crippen molar-refractivity contribution in [1.82, 2.24) is 0 Å². The first-order chi connectivity index (χ1) is 6.90. The molecule has 2 aromatic rings. The molecule has 0 bridgehead atoms. The van der Waals surface area contributed by atoms with E-state index in [1.807, 2.05) is 0 Å². The van der Waals surface area contributed by atoms with E-state index in [1.54, 1.807) is 11.3 Å². The predicted octanol–water partition coefficient (Wildman–Crippen LogP) is 4.04. The summed E-state index contributed by atoms with van der Waals surface area (Å²) in [6.07, 6.45) is 0.904. The van der Waals surface area contributed by atoms with Crippen LogP contribution in [0.2, 0.25) is 0 Å². The molecular formula is C12H9BrS. The molecule has 2 rings (SSSR count). The maximum Gasteiger partial charge on any atom is 0.0343 e. The lowest BCUT2D eigenvalue weighted by molar-refractivity contribution is 1.32. The molecule has 0 aliphatic carbocycles. The van der Waals surface area contributed by atoms with Gasteiger partial charge in [-0.05, 0) is 35.0 Å². The van der Waals surface area contributed by atoms with Crippen LogP contribution in [0.1, 0.15) is 12.0 Å². The molecule has 1 aromatic heterocycles. The molecule has 14 heavy (non-hydrogen) atoms. The first-order valence-electron chi connectivity index (χ1n) is 4.42. The standard InChI is InChI=1S/C12H9BrS/c13-7-2-1-3-10-4-5-12-11(9-10)6-8-14-12/h4-6,8-9H,2,7H2. The maximum atomic E-state index is 3.36. The second-order valence-corrected chi connectivity index (χ2v) is 4.65. The fourth-order valence-electron chi connectivity index (χ4n) is 1.26. The van der Waals surface area contributed by atoms with Crippen molar-refractivity contribution in [2.75, 3.05) is 5.33 Å². The minimum Gasteiger partial charge on any atom is -0.144 e. The van der Waals surface area contributed by atoms with E-state index in [2.05, 4.69) is 57.4 Å². The summed E-state index contributed by atoms with van der Waals surface area (Å²) >= 11 is 5.12. The minimum absolute atomic E-state index is 0.904. The van der Waals surface area contributed by atoms with Gasteiger partial charge >= 0.3 is 0 Å². The van der Waals surface area contributed by atoms with Gasteiger partial charge in [-0.3, -0.25) is 0 Å². The van der Waals surface area contributed by atoms with Crippen LogP contribution in [0.5, 0.6) is 0 Å². The highest BCUT2D eigenvalue weighted by Crippen LogP contribution is 2.21. The third-order valence-electron chi connectivity index (χ3n) is 1.90. The Labute approximate surface area is 96.1 Å². The molecule has 70 valence electrons. The van der Waals surface area contributed by atoms with Gasteiger partial charge in [-0.15, -0.1) is 11.3 Å². The predicted molar refractivity (Wildman–Crippen MR) is 67.1 cm³/mol. The van der Waals surface area contributed by atoms with Crippen molar-refractivity contribution in [3.05, 3.63) is 35.2 Å². The molecule has 0 saturated carbocycles. The number of alkyl halides is 1. The highest BCUT2D eigenvalue weighted by atomic mass is 79.9. The number of hydrogen-bond donors (Lipinski definition) is 0. The zero-order valence-corrected chi connectivity index (χ0v) is 9.99. The lowest BCUT2D eigenvalue weighted by atomic mass is 10.2. The van der Waals surface area contributed by atoms with E-state index in [0.29, 0.717) is 0 Å². The Morgan fingerprint density at radius 3 is 3.07 bits per heavy atom. The molecule has 1 heterocycles. The minimum atomic E-state index is 0.904. The number of fused-ring (bicyclic) bond motifs is 1. The molecule has 0 unspecified atom stereocenters. The lowest BCUT2D eigenvalue weighted by Crippen LogP contribution is -1.73. The van der Waals surface area contributed by atoms with E-state index in [1.165, 1.54) is 10.1 Å². The summed E-state index contributed by atoms with van der Waals surface area (Å²) in [5, 5.41) is 4.35. The van der Waals surface area contributed by atoms with Crippen LogP contribution in [0.15, 0.2) is 29.6 Å². The van der Waals surface area contributed by atoms with E-state index in [0.717, 1.165) is 17.3 Å². The average molecular weight is 265 g/mol. The quantitative estimate of drug-likeness (QED) is 0.539. The number of halogens is 1. The van der Waals surface area contributed by atoms with Gasteiger partial charge in [0.2, 0.25) is 0 Å². The Morgan fingerprint density at radius 1 is 1.29 bits per heavy atom. The van der Waals surface area contributed by atoms with Crippen molar-refractivity contribution < 1.29 is 0 Å². The van der Waals surface area contributed by atoms with Crippen LogP contribution in [0.3, 0.4) is 0 Å². The van der Waals surface area contributed by atoms with Gasteiger partial charge < -0.3 is 0 Å². The van der Waals surface area contributed by atoms with Gasteiger partial charge in [-0.2, -0.15) is 0 Å². The molecule has 0 nitrogen and oxygen atoms in total. The van der Waals surface area contributed by atoms with Crippen LogP contribution in [0, 0.1) is 11.8 Å². The Hall–Kier alpha value is -0.780. The highest BCUT2D eigenvalue weighted by Gasteiger charge is 1.94. The molecule has 0 atom stereocenters. The van der Waals surface area contributed by atoms with Crippen molar-refractivity contribution in [2.24, 2.45) is 0 Å². The first-order valence-corrected chi connectivity index (χ1v) is 6.42. The molecule has 0 amide bonds. The van der Waals surface area contributed by atoms with E-state index >= 15 is 0 Å². The maximum absolute atomic E-state index is 3.36. The molecule has 2 heteroatoms. The number of thiophene rings is 1. The highest BCUT2D eigenvalue weighted by molar-refractivity contribution is 9.09. The van der Waals surface area contributed by atoms with E-state index in [-0.39, 0.29) is 0 Å². The molecule has 0 fully saturated rings. The second-order valence-electron chi connectivity index (χ2n) is 2.91. The summed E-state index contributed by atoms with van der Waals surface area (Å²) in [5.41, 5.74) is 1.11. The summed E-state index contributed by atoms with van der Waals surface area (Å²) < 4.78 is 1.33. The molecular weight excluding hydrogens is 256 g/mol. The first kappa shape index (κ1) is 9.76. The molecule has 0 radical (unpaired) electrons. The average Bonchev–Trinajstić information content (AvgIpc) is 2.65. The fourth-order valence-corrected chi connectivity index (χ4v) is 2.23. The van der Waals surface area contributed by atoms with Crippen molar-refractivity contribution in [3.8, 4) is 11.8 Å². The van der Waals surface area contributed by atoms with Gasteiger partial charge in [-0.25, -0.2) is 0 Å². The molecule has 0 aliphatic rings. The zero-order valence-electron chi connectivity index (χ0n) is 7.59. The SMILES string of the molecule is BrCCC#Cc1ccc2sccc2c1. The Morgan fingerprint density at radius 2 is 2.21 bits per heavy atom. The Balaban J connectivity index is 2.31. The van der Waals surface area contributed by atoms with Gasteiger partial charge in [-0.1, -0.05) is 27.8 Å². The van der Waals surface area contributed by atoms with Crippen LogP contribution in [0.4, 0.5) is 0 Å². The third-order valence-corrected chi connectivity index (χ3v) is 3.20. The smallest absolute Gasteiger partial charge is 0.0343 e. The molecule has 1 aromatic carbocycles. The van der Waals surface area contributed by atoms with Crippen LogP contribution in [-0.4, -0.2) is 5.33 Å². The fraction of sp³-hybridized carbons (Fsp3) is 0.167. The van der Waals surface area contributed by atoms with Gasteiger partial charge in [0.05, 0.1) is 0 Å².